The van der Waals surface area contributed by atoms with Crippen LogP contribution in [0.1, 0.15) is 33.1 Å². The van der Waals surface area contributed by atoms with Crippen molar-refractivity contribution in [2.75, 3.05) is 32.3 Å². The molecular formula is C18H36N2O11P2S2. The van der Waals surface area contributed by atoms with Crippen LogP contribution in [0.2, 0.25) is 0 Å². The Morgan fingerprint density at radius 1 is 1.14 bits per heavy atom. The van der Waals surface area contributed by atoms with Crippen LogP contribution in [0.3, 0.4) is 0 Å². The molecule has 1 rings (SSSR count). The Balaban J connectivity index is 2.32. The highest BCUT2D eigenvalue weighted by molar-refractivity contribution is 8.18. The third-order valence-electron chi connectivity index (χ3n) is 4.90. The average molecular weight is 583 g/mol. The number of nitrogens with one attached hydrogen (secondary N) is 2. The molecule has 7 atom stereocenters. The summed E-state index contributed by atoms with van der Waals surface area (Å²) in [5.41, 5.74) is 0. The number of unbranched alkanes of at least 4 members (excludes halogenated alkanes) is 1. The van der Waals surface area contributed by atoms with Crippen molar-refractivity contribution < 1.29 is 53.6 Å². The molecule has 0 aliphatic carbocycles. The van der Waals surface area contributed by atoms with E-state index < -0.39 is 62.0 Å². The van der Waals surface area contributed by atoms with Crippen molar-refractivity contribution in [2.24, 2.45) is 5.92 Å². The van der Waals surface area contributed by atoms with Gasteiger partial charge in [-0.05, 0) is 42.4 Å². The Bertz CT molecular complexity index is 788. The molecule has 1 heterocycles. The van der Waals surface area contributed by atoms with E-state index >= 15 is 0 Å². The van der Waals surface area contributed by atoms with Crippen LogP contribution in [0.4, 0.5) is 0 Å². The molecule has 1 saturated heterocycles. The number of amides is 2. The molecule has 0 saturated carbocycles. The molecule has 0 aromatic rings. The predicted molar refractivity (Wildman–Crippen MR) is 133 cm³/mol. The van der Waals surface area contributed by atoms with E-state index in [9.17, 15) is 39.6 Å². The predicted octanol–water partition coefficient (Wildman–Crippen LogP) is -1.56. The standard InChI is InChI=1S/C18H36N2O11P2S2/c1-11(9-30-33(28,35)10-32(26,27)34)7-19-14(23)5-3-4-6-29-18-15(20-12(2)22)17(25)16(24)13(8-21)31-18/h11,13,15-18,21,24-25H,3-10H2,1-2H3,(H,19,23)(H,20,22)(H,28,35)(H2,26,27,34)/t11?,13?,15?,16-,17+,18+,33?/m0/s1. The van der Waals surface area contributed by atoms with E-state index in [0.29, 0.717) is 12.8 Å². The maximum atomic E-state index is 12.0. The van der Waals surface area contributed by atoms with E-state index in [1.807, 2.05) is 0 Å². The van der Waals surface area contributed by atoms with Crippen molar-refractivity contribution in [3.05, 3.63) is 0 Å². The maximum absolute atomic E-state index is 12.0. The molecule has 1 aliphatic rings. The van der Waals surface area contributed by atoms with Gasteiger partial charge in [-0.3, -0.25) is 9.59 Å². The van der Waals surface area contributed by atoms with Crippen LogP contribution in [0.5, 0.6) is 0 Å². The SMILES string of the molecule is CC(=O)NC1[C@H](OCCCCC(=O)NCC(C)COP(O)(=S)CP(O)(O)=S)OC(CO)[C@H](O)[C@@H]1O. The van der Waals surface area contributed by atoms with Crippen LogP contribution >= 0.6 is 13.0 Å². The molecule has 17 heteroatoms. The van der Waals surface area contributed by atoms with Crippen molar-refractivity contribution in [1.82, 2.24) is 10.6 Å². The van der Waals surface area contributed by atoms with Gasteiger partial charge < -0.3 is 54.6 Å². The van der Waals surface area contributed by atoms with Gasteiger partial charge in [0.25, 0.3) is 0 Å². The molecule has 8 N–H and O–H groups in total. The molecule has 0 aromatic carbocycles. The number of hydrogen-bond donors (Lipinski definition) is 8. The number of hydrogen-bond acceptors (Lipinski definition) is 10. The fourth-order valence-electron chi connectivity index (χ4n) is 3.15. The summed E-state index contributed by atoms with van der Waals surface area (Å²) in [6.07, 6.45) is -3.80. The van der Waals surface area contributed by atoms with Crippen LogP contribution in [-0.4, -0.2) is 105 Å². The minimum Gasteiger partial charge on any atom is -0.394 e. The number of aliphatic hydroxyl groups excluding tert-OH is 3. The van der Waals surface area contributed by atoms with Gasteiger partial charge in [-0.1, -0.05) is 6.92 Å². The van der Waals surface area contributed by atoms with Crippen molar-refractivity contribution in [1.29, 1.82) is 0 Å². The first kappa shape index (κ1) is 32.9. The van der Waals surface area contributed by atoms with Crippen molar-refractivity contribution >= 4 is 48.4 Å². The highest BCUT2D eigenvalue weighted by Gasteiger charge is 2.45. The van der Waals surface area contributed by atoms with Gasteiger partial charge in [0.1, 0.15) is 24.4 Å². The molecule has 1 fully saturated rings. The van der Waals surface area contributed by atoms with Gasteiger partial charge in [-0.15, -0.1) is 0 Å². The van der Waals surface area contributed by atoms with Gasteiger partial charge in [-0.2, -0.15) is 0 Å². The maximum Gasteiger partial charge on any atom is 0.220 e. The van der Waals surface area contributed by atoms with Crippen LogP contribution < -0.4 is 10.6 Å². The highest BCUT2D eigenvalue weighted by Crippen LogP contribution is 2.55. The third-order valence-corrected chi connectivity index (χ3v) is 10.8. The number of ether oxygens (including phenoxy) is 2. The number of rotatable bonds is 15. The van der Waals surface area contributed by atoms with Gasteiger partial charge in [0, 0.05) is 26.5 Å². The first-order valence-electron chi connectivity index (χ1n) is 10.9. The summed E-state index contributed by atoms with van der Waals surface area (Å²) < 4.78 is 16.2. The Kier molecular flexibility index (Phi) is 14.4. The van der Waals surface area contributed by atoms with Crippen LogP contribution in [-0.2, 0) is 47.2 Å². The third kappa shape index (κ3) is 13.3. The van der Waals surface area contributed by atoms with Crippen molar-refractivity contribution in [2.45, 2.75) is 63.8 Å². The lowest BCUT2D eigenvalue weighted by Crippen LogP contribution is -2.64. The first-order valence-corrected chi connectivity index (χ1v) is 16.7. The van der Waals surface area contributed by atoms with Gasteiger partial charge in [0.2, 0.25) is 11.8 Å². The minimum atomic E-state index is -3.66. The van der Waals surface area contributed by atoms with Crippen LogP contribution in [0.25, 0.3) is 0 Å². The molecule has 0 bridgehead atoms. The monoisotopic (exact) mass is 582 g/mol. The summed E-state index contributed by atoms with van der Waals surface area (Å²) >= 11 is 9.31. The Labute approximate surface area is 214 Å². The molecule has 35 heavy (non-hydrogen) atoms. The molecule has 0 spiro atoms. The van der Waals surface area contributed by atoms with E-state index in [-0.39, 0.29) is 38.0 Å². The minimum absolute atomic E-state index is 0.0173. The average Bonchev–Trinajstić information content (AvgIpc) is 2.73. The molecule has 0 radical (unpaired) electrons. The van der Waals surface area contributed by atoms with Gasteiger partial charge in [0.05, 0.1) is 19.1 Å². The fourth-order valence-corrected chi connectivity index (χ4v) is 9.53. The van der Waals surface area contributed by atoms with E-state index in [4.69, 9.17) is 25.8 Å². The quantitative estimate of drug-likeness (QED) is 0.0813. The van der Waals surface area contributed by atoms with Gasteiger partial charge >= 0.3 is 0 Å². The smallest absolute Gasteiger partial charge is 0.220 e. The molecule has 0 aromatic heterocycles. The van der Waals surface area contributed by atoms with E-state index in [1.165, 1.54) is 6.92 Å². The molecule has 1 aliphatic heterocycles. The Hall–Kier alpha value is -0.120. The zero-order chi connectivity index (χ0) is 26.8. The first-order chi connectivity index (χ1) is 16.1. The zero-order valence-electron chi connectivity index (χ0n) is 19.6. The summed E-state index contributed by atoms with van der Waals surface area (Å²) in [5, 5.41) is 34.7. The lowest BCUT2D eigenvalue weighted by Gasteiger charge is -2.42. The lowest BCUT2D eigenvalue weighted by molar-refractivity contribution is -0.270. The summed E-state index contributed by atoms with van der Waals surface area (Å²) in [4.78, 5) is 51.9. The van der Waals surface area contributed by atoms with Crippen LogP contribution in [0, 0.1) is 5.92 Å². The van der Waals surface area contributed by atoms with Crippen molar-refractivity contribution in [3.8, 4) is 0 Å². The Morgan fingerprint density at radius 2 is 1.80 bits per heavy atom. The number of aliphatic hydroxyl groups is 3. The second kappa shape index (κ2) is 15.3. The molecular weight excluding hydrogens is 546 g/mol. The summed E-state index contributed by atoms with van der Waals surface area (Å²) in [6.45, 7) is -4.18. The highest BCUT2D eigenvalue weighted by atomic mass is 32.5. The zero-order valence-corrected chi connectivity index (χ0v) is 23.0. The second-order valence-corrected chi connectivity index (χ2v) is 15.9. The topological polar surface area (TPSA) is 207 Å². The normalized spacial score (nSPS) is 27.6. The molecule has 4 unspecified atom stereocenters. The second-order valence-electron chi connectivity index (χ2n) is 8.41. The molecule has 206 valence electrons. The lowest BCUT2D eigenvalue weighted by atomic mass is 9.97. The molecule has 2 amide bonds. The van der Waals surface area contributed by atoms with E-state index in [1.54, 1.807) is 6.92 Å². The summed E-state index contributed by atoms with van der Waals surface area (Å²) in [7, 11) is 0. The molecule has 13 nitrogen and oxygen atoms in total. The summed E-state index contributed by atoms with van der Waals surface area (Å²) in [5.74, 6) is -1.40. The van der Waals surface area contributed by atoms with Gasteiger partial charge in [0.15, 0.2) is 19.3 Å². The largest absolute Gasteiger partial charge is 0.394 e. The van der Waals surface area contributed by atoms with Crippen molar-refractivity contribution in [3.63, 3.8) is 0 Å². The number of carbonyl (C=O) groups is 2. The van der Waals surface area contributed by atoms with E-state index in [2.05, 4.69) is 22.4 Å². The van der Waals surface area contributed by atoms with Crippen LogP contribution in [0.15, 0.2) is 0 Å². The summed E-state index contributed by atoms with van der Waals surface area (Å²) in [6, 6.07) is -1.02. The van der Waals surface area contributed by atoms with E-state index in [0.717, 1.165) is 0 Å². The fraction of sp³-hybridized carbons (Fsp3) is 0.889. The number of carbonyl (C=O) groups excluding carboxylic acids is 2. The van der Waals surface area contributed by atoms with Gasteiger partial charge in [-0.25, -0.2) is 0 Å². The Morgan fingerprint density at radius 3 is 2.37 bits per heavy atom.